The number of hydrogen-bond acceptors (Lipinski definition) is 4. The highest BCUT2D eigenvalue weighted by Crippen LogP contribution is 2.24. The summed E-state index contributed by atoms with van der Waals surface area (Å²) >= 11 is 1.39. The molecule has 2 rings (SSSR count). The Morgan fingerprint density at radius 2 is 2.15 bits per heavy atom. The molecular formula is C14H21N3O2S. The van der Waals surface area contributed by atoms with Gasteiger partial charge in [0.15, 0.2) is 0 Å². The van der Waals surface area contributed by atoms with Crippen molar-refractivity contribution in [2.24, 2.45) is 0 Å². The van der Waals surface area contributed by atoms with Crippen molar-refractivity contribution in [2.75, 3.05) is 33.7 Å². The average molecular weight is 295 g/mol. The summed E-state index contributed by atoms with van der Waals surface area (Å²) in [7, 11) is 3.73. The zero-order valence-electron chi connectivity index (χ0n) is 12.0. The zero-order chi connectivity index (χ0) is 14.5. The summed E-state index contributed by atoms with van der Waals surface area (Å²) < 4.78 is 0. The first kappa shape index (κ1) is 15.0. The molecule has 2 amide bonds. The van der Waals surface area contributed by atoms with Crippen LogP contribution in [0.1, 0.15) is 22.5 Å². The van der Waals surface area contributed by atoms with Gasteiger partial charge in [-0.05, 0) is 31.3 Å². The molecule has 1 N–H and O–H groups in total. The van der Waals surface area contributed by atoms with Gasteiger partial charge < -0.3 is 15.1 Å². The minimum atomic E-state index is -0.110. The Hall–Kier alpha value is -1.40. The summed E-state index contributed by atoms with van der Waals surface area (Å²) in [5.74, 6) is -0.216. The van der Waals surface area contributed by atoms with Gasteiger partial charge in [0.2, 0.25) is 5.91 Å². The first-order valence-electron chi connectivity index (χ1n) is 6.84. The predicted octanol–water partition coefficient (Wildman–Crippen LogP) is 1.03. The number of thiophene rings is 1. The van der Waals surface area contributed by atoms with Gasteiger partial charge in [-0.15, -0.1) is 11.3 Å². The summed E-state index contributed by atoms with van der Waals surface area (Å²) in [4.78, 5) is 28.1. The molecule has 0 aliphatic heterocycles. The van der Waals surface area contributed by atoms with Crippen LogP contribution in [0.4, 0.5) is 0 Å². The molecule has 20 heavy (non-hydrogen) atoms. The number of amides is 2. The van der Waals surface area contributed by atoms with E-state index >= 15 is 0 Å². The van der Waals surface area contributed by atoms with E-state index in [-0.39, 0.29) is 18.4 Å². The molecule has 1 fully saturated rings. The van der Waals surface area contributed by atoms with E-state index in [1.165, 1.54) is 29.1 Å². The van der Waals surface area contributed by atoms with Crippen LogP contribution in [0.3, 0.4) is 0 Å². The third-order valence-corrected chi connectivity index (χ3v) is 4.27. The molecule has 1 saturated carbocycles. The molecule has 0 bridgehead atoms. The molecule has 1 aliphatic carbocycles. The van der Waals surface area contributed by atoms with Crippen LogP contribution in [-0.2, 0) is 4.79 Å². The van der Waals surface area contributed by atoms with Crippen LogP contribution < -0.4 is 5.32 Å². The Morgan fingerprint density at radius 1 is 1.40 bits per heavy atom. The van der Waals surface area contributed by atoms with Crippen molar-refractivity contribution < 1.29 is 9.59 Å². The highest BCUT2D eigenvalue weighted by atomic mass is 32.1. The molecular weight excluding hydrogens is 274 g/mol. The first-order chi connectivity index (χ1) is 9.58. The SMILES string of the molecule is CN(CC(=O)NCCN(C)C1CC1)C(=O)c1cccs1. The summed E-state index contributed by atoms with van der Waals surface area (Å²) in [5.41, 5.74) is 0. The summed E-state index contributed by atoms with van der Waals surface area (Å²) in [6, 6.07) is 4.31. The monoisotopic (exact) mass is 295 g/mol. The fraction of sp³-hybridized carbons (Fsp3) is 0.571. The van der Waals surface area contributed by atoms with Crippen molar-refractivity contribution in [3.8, 4) is 0 Å². The highest BCUT2D eigenvalue weighted by molar-refractivity contribution is 7.12. The maximum Gasteiger partial charge on any atom is 0.264 e. The molecule has 0 saturated heterocycles. The van der Waals surface area contributed by atoms with Crippen LogP contribution in [0.2, 0.25) is 0 Å². The van der Waals surface area contributed by atoms with E-state index in [1.807, 2.05) is 11.4 Å². The topological polar surface area (TPSA) is 52.7 Å². The molecule has 0 spiro atoms. The Labute approximate surface area is 123 Å². The minimum Gasteiger partial charge on any atom is -0.353 e. The largest absolute Gasteiger partial charge is 0.353 e. The number of carbonyl (C=O) groups excluding carboxylic acids is 2. The molecule has 110 valence electrons. The fourth-order valence-corrected chi connectivity index (χ4v) is 2.72. The lowest BCUT2D eigenvalue weighted by molar-refractivity contribution is -0.121. The molecule has 5 nitrogen and oxygen atoms in total. The van der Waals surface area contributed by atoms with Crippen molar-refractivity contribution in [3.63, 3.8) is 0 Å². The van der Waals surface area contributed by atoms with E-state index in [2.05, 4.69) is 17.3 Å². The number of carbonyl (C=O) groups is 2. The molecule has 0 unspecified atom stereocenters. The molecule has 1 aromatic rings. The van der Waals surface area contributed by atoms with Crippen LogP contribution in [0.25, 0.3) is 0 Å². The van der Waals surface area contributed by atoms with E-state index in [0.29, 0.717) is 17.5 Å². The van der Waals surface area contributed by atoms with Gasteiger partial charge in [-0.25, -0.2) is 0 Å². The third kappa shape index (κ3) is 4.31. The number of nitrogens with one attached hydrogen (secondary N) is 1. The Bertz CT molecular complexity index is 457. The van der Waals surface area contributed by atoms with E-state index in [9.17, 15) is 9.59 Å². The summed E-state index contributed by atoms with van der Waals surface area (Å²) in [6.07, 6.45) is 2.53. The van der Waals surface area contributed by atoms with Gasteiger partial charge in [0.25, 0.3) is 5.91 Å². The van der Waals surface area contributed by atoms with Gasteiger partial charge >= 0.3 is 0 Å². The maximum absolute atomic E-state index is 12.0. The molecule has 1 aliphatic rings. The quantitative estimate of drug-likeness (QED) is 0.817. The van der Waals surface area contributed by atoms with Gasteiger partial charge in [-0.3, -0.25) is 9.59 Å². The summed E-state index contributed by atoms with van der Waals surface area (Å²) in [5, 5.41) is 4.71. The van der Waals surface area contributed by atoms with Crippen LogP contribution >= 0.6 is 11.3 Å². The second kappa shape index (κ2) is 6.85. The van der Waals surface area contributed by atoms with Crippen molar-refractivity contribution in [1.82, 2.24) is 15.1 Å². The van der Waals surface area contributed by atoms with Gasteiger partial charge in [-0.2, -0.15) is 0 Å². The van der Waals surface area contributed by atoms with Crippen molar-refractivity contribution in [3.05, 3.63) is 22.4 Å². The fourth-order valence-electron chi connectivity index (χ4n) is 2.00. The van der Waals surface area contributed by atoms with Crippen molar-refractivity contribution >= 4 is 23.2 Å². The van der Waals surface area contributed by atoms with Gasteiger partial charge in [-0.1, -0.05) is 6.07 Å². The first-order valence-corrected chi connectivity index (χ1v) is 7.72. The number of hydrogen-bond donors (Lipinski definition) is 1. The lowest BCUT2D eigenvalue weighted by Crippen LogP contribution is -2.40. The molecule has 0 radical (unpaired) electrons. The van der Waals surface area contributed by atoms with Gasteiger partial charge in [0, 0.05) is 26.2 Å². The Balaban J connectivity index is 1.66. The van der Waals surface area contributed by atoms with Crippen molar-refractivity contribution in [1.29, 1.82) is 0 Å². The lowest BCUT2D eigenvalue weighted by atomic mass is 10.4. The van der Waals surface area contributed by atoms with Crippen LogP contribution in [0, 0.1) is 0 Å². The van der Waals surface area contributed by atoms with Gasteiger partial charge in [0.1, 0.15) is 0 Å². The molecule has 0 aromatic carbocycles. The van der Waals surface area contributed by atoms with E-state index in [0.717, 1.165) is 6.54 Å². The standard InChI is InChI=1S/C14H21N3O2S/c1-16(11-5-6-11)8-7-15-13(18)10-17(2)14(19)12-4-3-9-20-12/h3-4,9,11H,5-8,10H2,1-2H3,(H,15,18). The molecule has 1 aromatic heterocycles. The second-order valence-electron chi connectivity index (χ2n) is 5.20. The van der Waals surface area contributed by atoms with E-state index in [1.54, 1.807) is 13.1 Å². The second-order valence-corrected chi connectivity index (χ2v) is 6.15. The van der Waals surface area contributed by atoms with Gasteiger partial charge in [0.05, 0.1) is 11.4 Å². The minimum absolute atomic E-state index is 0.101. The van der Waals surface area contributed by atoms with E-state index in [4.69, 9.17) is 0 Å². The number of likely N-dealkylation sites (N-methyl/N-ethyl adjacent to an activating group) is 2. The van der Waals surface area contributed by atoms with Crippen molar-refractivity contribution in [2.45, 2.75) is 18.9 Å². The summed E-state index contributed by atoms with van der Waals surface area (Å²) in [6.45, 7) is 1.59. The molecule has 6 heteroatoms. The Morgan fingerprint density at radius 3 is 2.75 bits per heavy atom. The Kier molecular flexibility index (Phi) is 5.14. The lowest BCUT2D eigenvalue weighted by Gasteiger charge is -2.18. The van der Waals surface area contributed by atoms with E-state index < -0.39 is 0 Å². The highest BCUT2D eigenvalue weighted by Gasteiger charge is 2.25. The molecule has 1 heterocycles. The third-order valence-electron chi connectivity index (χ3n) is 3.42. The van der Waals surface area contributed by atoms with Crippen LogP contribution in [0.5, 0.6) is 0 Å². The number of nitrogens with zero attached hydrogens (tertiary/aromatic N) is 2. The molecule has 0 atom stereocenters. The average Bonchev–Trinajstić information content (AvgIpc) is 3.13. The maximum atomic E-state index is 12.0. The predicted molar refractivity (Wildman–Crippen MR) is 79.9 cm³/mol. The smallest absolute Gasteiger partial charge is 0.264 e. The van der Waals surface area contributed by atoms with Crippen LogP contribution in [-0.4, -0.2) is 61.4 Å². The normalized spacial score (nSPS) is 14.3. The number of rotatable bonds is 7. The zero-order valence-corrected chi connectivity index (χ0v) is 12.8. The van der Waals surface area contributed by atoms with Crippen LogP contribution in [0.15, 0.2) is 17.5 Å².